The molecule has 1 saturated carbocycles. The number of alkyl halides is 2. The van der Waals surface area contributed by atoms with Gasteiger partial charge < -0.3 is 0 Å². The lowest BCUT2D eigenvalue weighted by molar-refractivity contribution is 0.144. The van der Waals surface area contributed by atoms with E-state index in [0.717, 1.165) is 0 Å². The third kappa shape index (κ3) is 9.86. The van der Waals surface area contributed by atoms with Gasteiger partial charge in [0.1, 0.15) is 0 Å². The lowest BCUT2D eigenvalue weighted by atomic mass is 10.0. The van der Waals surface area contributed by atoms with Crippen molar-refractivity contribution in [1.82, 2.24) is 0 Å². The van der Waals surface area contributed by atoms with Crippen molar-refractivity contribution in [2.75, 3.05) is 0 Å². The zero-order valence-corrected chi connectivity index (χ0v) is 7.28. The Kier molecular flexibility index (Phi) is 7.86. The molecule has 68 valence electrons. The molecule has 0 spiro atoms. The fraction of sp³-hybridized carbons (Fsp3) is 1.00. The van der Waals surface area contributed by atoms with Crippen LogP contribution >= 0.6 is 0 Å². The Hall–Kier alpha value is -0.140. The number of hydrogen-bond acceptors (Lipinski definition) is 0. The number of halogens is 2. The van der Waals surface area contributed by atoms with Gasteiger partial charge in [0.2, 0.25) is 6.43 Å². The second-order valence-electron chi connectivity index (χ2n) is 2.92. The molecule has 1 fully saturated rings. The maximum absolute atomic E-state index is 10.8. The SMILES string of the molecule is C1CCCCC1.CCC(F)F. The van der Waals surface area contributed by atoms with Crippen LogP contribution in [0.25, 0.3) is 0 Å². The molecule has 0 aromatic carbocycles. The van der Waals surface area contributed by atoms with Crippen molar-refractivity contribution in [2.24, 2.45) is 0 Å². The van der Waals surface area contributed by atoms with Crippen LogP contribution in [-0.4, -0.2) is 6.43 Å². The van der Waals surface area contributed by atoms with Gasteiger partial charge in [0.25, 0.3) is 0 Å². The van der Waals surface area contributed by atoms with Crippen molar-refractivity contribution in [3.8, 4) is 0 Å². The van der Waals surface area contributed by atoms with Crippen LogP contribution in [0.5, 0.6) is 0 Å². The second kappa shape index (κ2) is 7.96. The van der Waals surface area contributed by atoms with Gasteiger partial charge in [-0.3, -0.25) is 0 Å². The van der Waals surface area contributed by atoms with E-state index < -0.39 is 6.43 Å². The van der Waals surface area contributed by atoms with Crippen LogP contribution in [0.2, 0.25) is 0 Å². The molecule has 0 saturated heterocycles. The average Bonchev–Trinajstić information content (AvgIpc) is 2.09. The van der Waals surface area contributed by atoms with E-state index >= 15 is 0 Å². The van der Waals surface area contributed by atoms with Gasteiger partial charge in [-0.15, -0.1) is 0 Å². The molecule has 0 unspecified atom stereocenters. The molecule has 1 aliphatic carbocycles. The van der Waals surface area contributed by atoms with E-state index in [4.69, 9.17) is 0 Å². The van der Waals surface area contributed by atoms with Gasteiger partial charge in [-0.25, -0.2) is 8.78 Å². The molecular weight excluding hydrogens is 146 g/mol. The van der Waals surface area contributed by atoms with Gasteiger partial charge in [0.05, 0.1) is 0 Å². The van der Waals surface area contributed by atoms with Gasteiger partial charge in [0, 0.05) is 6.42 Å². The largest absolute Gasteiger partial charge is 0.238 e. The lowest BCUT2D eigenvalue weighted by Crippen LogP contribution is -1.85. The molecule has 2 heteroatoms. The quantitative estimate of drug-likeness (QED) is 0.549. The first-order chi connectivity index (χ1) is 5.27. The van der Waals surface area contributed by atoms with Crippen LogP contribution in [0.3, 0.4) is 0 Å². The summed E-state index contributed by atoms with van der Waals surface area (Å²) in [5, 5.41) is 0. The minimum atomic E-state index is -2.12. The van der Waals surface area contributed by atoms with Gasteiger partial charge in [-0.2, -0.15) is 0 Å². The predicted molar refractivity (Wildman–Crippen MR) is 44.0 cm³/mol. The van der Waals surface area contributed by atoms with E-state index in [1.165, 1.54) is 45.4 Å². The Labute approximate surface area is 68.0 Å². The first kappa shape index (κ1) is 10.9. The summed E-state index contributed by atoms with van der Waals surface area (Å²) in [5.41, 5.74) is 0. The van der Waals surface area contributed by atoms with Crippen molar-refractivity contribution in [3.63, 3.8) is 0 Å². The van der Waals surface area contributed by atoms with E-state index in [0.29, 0.717) is 0 Å². The van der Waals surface area contributed by atoms with E-state index in [1.54, 1.807) is 0 Å². The predicted octanol–water partition coefficient (Wildman–Crippen LogP) is 4.00. The number of hydrogen-bond donors (Lipinski definition) is 0. The molecule has 11 heavy (non-hydrogen) atoms. The molecule has 1 aliphatic rings. The Balaban J connectivity index is 0.000000187. The van der Waals surface area contributed by atoms with Gasteiger partial charge in [0.15, 0.2) is 0 Å². The molecule has 1 rings (SSSR count). The van der Waals surface area contributed by atoms with Crippen molar-refractivity contribution in [1.29, 1.82) is 0 Å². The lowest BCUT2D eigenvalue weighted by Gasteiger charge is -2.05. The van der Waals surface area contributed by atoms with Gasteiger partial charge in [-0.1, -0.05) is 45.4 Å². The molecule has 0 bridgehead atoms. The highest BCUT2D eigenvalue weighted by molar-refractivity contribution is 4.51. The summed E-state index contributed by atoms with van der Waals surface area (Å²) in [5.74, 6) is 0. The van der Waals surface area contributed by atoms with Crippen molar-refractivity contribution in [3.05, 3.63) is 0 Å². The van der Waals surface area contributed by atoms with Crippen molar-refractivity contribution in [2.45, 2.75) is 58.3 Å². The van der Waals surface area contributed by atoms with E-state index in [9.17, 15) is 8.78 Å². The van der Waals surface area contributed by atoms with Gasteiger partial charge in [-0.05, 0) is 0 Å². The van der Waals surface area contributed by atoms with Crippen molar-refractivity contribution < 1.29 is 8.78 Å². The smallest absolute Gasteiger partial charge is 0.211 e. The molecule has 0 N–H and O–H groups in total. The molecule has 0 atom stereocenters. The monoisotopic (exact) mass is 164 g/mol. The van der Waals surface area contributed by atoms with E-state index in [1.807, 2.05) is 0 Å². The maximum Gasteiger partial charge on any atom is 0.238 e. The minimum absolute atomic E-state index is 0.0278. The third-order valence-electron chi connectivity index (χ3n) is 1.81. The van der Waals surface area contributed by atoms with Crippen LogP contribution in [0.4, 0.5) is 8.78 Å². The van der Waals surface area contributed by atoms with Crippen molar-refractivity contribution >= 4 is 0 Å². The normalized spacial score (nSPS) is 17.5. The fourth-order valence-electron chi connectivity index (χ4n) is 1.06. The Bertz CT molecular complexity index is 56.5. The maximum atomic E-state index is 10.8. The first-order valence-electron chi connectivity index (χ1n) is 4.55. The zero-order chi connectivity index (χ0) is 8.53. The Morgan fingerprint density at radius 1 is 0.909 bits per heavy atom. The summed E-state index contributed by atoms with van der Waals surface area (Å²) in [6.45, 7) is 1.45. The Morgan fingerprint density at radius 2 is 1.09 bits per heavy atom. The van der Waals surface area contributed by atoms with Crippen LogP contribution in [0.15, 0.2) is 0 Å². The van der Waals surface area contributed by atoms with Crippen LogP contribution in [0.1, 0.15) is 51.9 Å². The minimum Gasteiger partial charge on any atom is -0.211 e. The van der Waals surface area contributed by atoms with E-state index in [-0.39, 0.29) is 6.42 Å². The summed E-state index contributed by atoms with van der Waals surface area (Å²) in [6.07, 6.45) is 6.86. The third-order valence-corrected chi connectivity index (χ3v) is 1.81. The van der Waals surface area contributed by atoms with Crippen LogP contribution < -0.4 is 0 Å². The summed E-state index contributed by atoms with van der Waals surface area (Å²) in [4.78, 5) is 0. The molecule has 0 aliphatic heterocycles. The van der Waals surface area contributed by atoms with Crippen LogP contribution in [-0.2, 0) is 0 Å². The highest BCUT2D eigenvalue weighted by Gasteiger charge is 1.95. The second-order valence-corrected chi connectivity index (χ2v) is 2.92. The molecular formula is C9H18F2. The fourth-order valence-corrected chi connectivity index (χ4v) is 1.06. The molecule has 0 aromatic rings. The average molecular weight is 164 g/mol. The molecule has 0 nitrogen and oxygen atoms in total. The van der Waals surface area contributed by atoms with E-state index in [2.05, 4.69) is 0 Å². The zero-order valence-electron chi connectivity index (χ0n) is 7.28. The highest BCUT2D eigenvalue weighted by Crippen LogP contribution is 2.15. The summed E-state index contributed by atoms with van der Waals surface area (Å²) >= 11 is 0. The first-order valence-corrected chi connectivity index (χ1v) is 4.55. The van der Waals surface area contributed by atoms with Crippen LogP contribution in [0, 0.1) is 0 Å². The molecule has 0 radical (unpaired) electrons. The molecule has 0 heterocycles. The topological polar surface area (TPSA) is 0 Å². The summed E-state index contributed by atoms with van der Waals surface area (Å²) in [6, 6.07) is 0. The molecule has 0 amide bonds. The summed E-state index contributed by atoms with van der Waals surface area (Å²) < 4.78 is 21.5. The highest BCUT2D eigenvalue weighted by atomic mass is 19.3. The Morgan fingerprint density at radius 3 is 1.18 bits per heavy atom. The van der Waals surface area contributed by atoms with Gasteiger partial charge >= 0.3 is 0 Å². The number of rotatable bonds is 1. The standard InChI is InChI=1S/C6H12.C3H6F2/c1-2-4-6-5-3-1;1-2-3(4)5/h1-6H2;3H,2H2,1H3. The summed E-state index contributed by atoms with van der Waals surface area (Å²) in [7, 11) is 0. The molecule has 0 aromatic heterocycles.